The number of hydrogen-bond donors (Lipinski definition) is 1. The van der Waals surface area contributed by atoms with Crippen LogP contribution in [-0.4, -0.2) is 4.98 Å². The summed E-state index contributed by atoms with van der Waals surface area (Å²) in [6.07, 6.45) is 0. The van der Waals surface area contributed by atoms with Crippen molar-refractivity contribution in [1.82, 2.24) is 4.98 Å². The number of nitrogens with one attached hydrogen (secondary N) is 1. The summed E-state index contributed by atoms with van der Waals surface area (Å²) in [5.74, 6) is -0.150. The Morgan fingerprint density at radius 3 is 2.88 bits per heavy atom. The van der Waals surface area contributed by atoms with Crippen LogP contribution in [0.2, 0.25) is 0 Å². The zero-order valence-electron chi connectivity index (χ0n) is 8.75. The number of benzene rings is 1. The summed E-state index contributed by atoms with van der Waals surface area (Å²) in [5.41, 5.74) is 3.85. The first-order chi connectivity index (χ1) is 7.74. The van der Waals surface area contributed by atoms with E-state index in [4.69, 9.17) is 0 Å². The van der Waals surface area contributed by atoms with Gasteiger partial charge in [-0.1, -0.05) is 0 Å². The van der Waals surface area contributed by atoms with E-state index in [2.05, 4.69) is 16.4 Å². The van der Waals surface area contributed by atoms with E-state index < -0.39 is 0 Å². The molecule has 3 heteroatoms. The van der Waals surface area contributed by atoms with E-state index in [1.165, 1.54) is 0 Å². The minimum atomic E-state index is -0.150. The van der Waals surface area contributed by atoms with Crippen molar-refractivity contribution in [1.29, 1.82) is 0 Å². The van der Waals surface area contributed by atoms with Gasteiger partial charge in [-0.3, -0.25) is 0 Å². The molecule has 0 aliphatic carbocycles. The van der Waals surface area contributed by atoms with Gasteiger partial charge in [0.15, 0.2) is 0 Å². The molecule has 0 aliphatic rings. The van der Waals surface area contributed by atoms with E-state index >= 15 is 0 Å². The number of aromatic amines is 1. The second-order valence-corrected chi connectivity index (χ2v) is 4.66. The van der Waals surface area contributed by atoms with Gasteiger partial charge in [-0.2, -0.15) is 11.3 Å². The second kappa shape index (κ2) is 3.46. The van der Waals surface area contributed by atoms with Gasteiger partial charge >= 0.3 is 0 Å². The average molecular weight is 231 g/mol. The fourth-order valence-electron chi connectivity index (χ4n) is 1.83. The summed E-state index contributed by atoms with van der Waals surface area (Å²) in [5, 5.41) is 5.03. The third-order valence-electron chi connectivity index (χ3n) is 2.73. The molecule has 0 saturated carbocycles. The molecule has 1 nitrogen and oxygen atoms in total. The third kappa shape index (κ3) is 1.44. The van der Waals surface area contributed by atoms with Crippen molar-refractivity contribution >= 4 is 22.2 Å². The number of halogens is 1. The molecule has 0 atom stereocenters. The number of aromatic nitrogens is 1. The number of H-pyrrole nitrogens is 1. The Bertz CT molecular complexity index is 598. The number of thiophene rings is 1. The fraction of sp³-hybridized carbons (Fsp3) is 0.0769. The second-order valence-electron chi connectivity index (χ2n) is 3.88. The summed E-state index contributed by atoms with van der Waals surface area (Å²) in [6.45, 7) is 1.78. The maximum absolute atomic E-state index is 13.4. The molecule has 16 heavy (non-hydrogen) atoms. The number of fused-ring (bicyclic) bond motifs is 1. The Labute approximate surface area is 96.6 Å². The number of hydrogen-bond acceptors (Lipinski definition) is 1. The minimum absolute atomic E-state index is 0.150. The fourth-order valence-corrected chi connectivity index (χ4v) is 2.49. The molecule has 2 aromatic heterocycles. The molecule has 0 fully saturated rings. The van der Waals surface area contributed by atoms with Gasteiger partial charge in [0.2, 0.25) is 0 Å². The van der Waals surface area contributed by atoms with E-state index in [9.17, 15) is 4.39 Å². The van der Waals surface area contributed by atoms with Crippen molar-refractivity contribution < 1.29 is 4.39 Å². The molecule has 0 bridgehead atoms. The first kappa shape index (κ1) is 9.60. The van der Waals surface area contributed by atoms with Crippen molar-refractivity contribution in [3.63, 3.8) is 0 Å². The molecule has 1 N–H and O–H groups in total. The molecule has 2 heterocycles. The van der Waals surface area contributed by atoms with Gasteiger partial charge in [0.25, 0.3) is 0 Å². The lowest BCUT2D eigenvalue weighted by Crippen LogP contribution is -1.80. The summed E-state index contributed by atoms with van der Waals surface area (Å²) >= 11 is 1.66. The van der Waals surface area contributed by atoms with E-state index in [0.717, 1.165) is 22.2 Å². The van der Waals surface area contributed by atoms with Gasteiger partial charge in [-0.05, 0) is 42.1 Å². The van der Waals surface area contributed by atoms with E-state index in [-0.39, 0.29) is 5.82 Å². The van der Waals surface area contributed by atoms with Crippen molar-refractivity contribution in [2.45, 2.75) is 6.92 Å². The van der Waals surface area contributed by atoms with Crippen LogP contribution in [-0.2, 0) is 0 Å². The minimum Gasteiger partial charge on any atom is -0.354 e. The molecule has 80 valence electrons. The molecule has 0 aliphatic heterocycles. The van der Waals surface area contributed by atoms with Crippen molar-refractivity contribution in [2.24, 2.45) is 0 Å². The Kier molecular flexibility index (Phi) is 2.07. The summed E-state index contributed by atoms with van der Waals surface area (Å²) in [4.78, 5) is 3.31. The van der Waals surface area contributed by atoms with Crippen LogP contribution in [0.15, 0.2) is 35.0 Å². The summed E-state index contributed by atoms with van der Waals surface area (Å²) < 4.78 is 13.4. The van der Waals surface area contributed by atoms with Gasteiger partial charge in [0.05, 0.1) is 0 Å². The normalized spacial score (nSPS) is 11.1. The Morgan fingerprint density at radius 2 is 2.12 bits per heavy atom. The predicted octanol–water partition coefficient (Wildman–Crippen LogP) is 4.34. The lowest BCUT2D eigenvalue weighted by Gasteiger charge is -1.95. The van der Waals surface area contributed by atoms with Crippen LogP contribution in [0, 0.1) is 12.7 Å². The zero-order valence-corrected chi connectivity index (χ0v) is 9.57. The first-order valence-corrected chi connectivity index (χ1v) is 6.00. The number of rotatable bonds is 1. The highest BCUT2D eigenvalue weighted by Gasteiger charge is 2.06. The van der Waals surface area contributed by atoms with Gasteiger partial charge in [0, 0.05) is 27.5 Å². The quantitative estimate of drug-likeness (QED) is 0.641. The monoisotopic (exact) mass is 231 g/mol. The summed E-state index contributed by atoms with van der Waals surface area (Å²) in [7, 11) is 0. The van der Waals surface area contributed by atoms with Gasteiger partial charge in [-0.25, -0.2) is 4.39 Å². The Morgan fingerprint density at radius 1 is 1.25 bits per heavy atom. The molecule has 3 aromatic rings. The predicted molar refractivity (Wildman–Crippen MR) is 66.3 cm³/mol. The van der Waals surface area contributed by atoms with Gasteiger partial charge < -0.3 is 4.98 Å². The van der Waals surface area contributed by atoms with E-state index in [1.807, 2.05) is 17.5 Å². The molecule has 0 spiro atoms. The highest BCUT2D eigenvalue weighted by Crippen LogP contribution is 2.27. The molecule has 3 rings (SSSR count). The van der Waals surface area contributed by atoms with Gasteiger partial charge in [0.1, 0.15) is 5.82 Å². The lowest BCUT2D eigenvalue weighted by molar-refractivity contribution is 0.620. The van der Waals surface area contributed by atoms with Crippen LogP contribution >= 0.6 is 11.3 Å². The molecule has 0 radical (unpaired) electrons. The summed E-state index contributed by atoms with van der Waals surface area (Å²) in [6, 6.07) is 7.47. The molecule has 0 unspecified atom stereocenters. The van der Waals surface area contributed by atoms with Crippen LogP contribution in [0.4, 0.5) is 4.39 Å². The largest absolute Gasteiger partial charge is 0.354 e. The Balaban J connectivity index is 2.23. The highest BCUT2D eigenvalue weighted by molar-refractivity contribution is 7.08. The zero-order chi connectivity index (χ0) is 11.1. The maximum Gasteiger partial charge on any atom is 0.126 e. The van der Waals surface area contributed by atoms with Crippen LogP contribution < -0.4 is 0 Å². The number of aryl methyl sites for hydroxylation is 1. The Hall–Kier alpha value is -1.61. The third-order valence-corrected chi connectivity index (χ3v) is 3.42. The lowest BCUT2D eigenvalue weighted by atomic mass is 10.1. The van der Waals surface area contributed by atoms with Crippen molar-refractivity contribution in [3.05, 3.63) is 46.4 Å². The van der Waals surface area contributed by atoms with Gasteiger partial charge in [-0.15, -0.1) is 0 Å². The van der Waals surface area contributed by atoms with Crippen LogP contribution in [0.3, 0.4) is 0 Å². The average Bonchev–Trinajstić information content (AvgIpc) is 2.86. The molecular weight excluding hydrogens is 221 g/mol. The van der Waals surface area contributed by atoms with E-state index in [0.29, 0.717) is 5.56 Å². The maximum atomic E-state index is 13.4. The molecule has 0 amide bonds. The van der Waals surface area contributed by atoms with Crippen molar-refractivity contribution in [2.75, 3.05) is 0 Å². The highest BCUT2D eigenvalue weighted by atomic mass is 32.1. The van der Waals surface area contributed by atoms with E-state index in [1.54, 1.807) is 24.3 Å². The topological polar surface area (TPSA) is 15.8 Å². The standard InChI is InChI=1S/C13H10FNS/c1-8-4-12-10(5-11(8)14)6-13(15-12)9-2-3-16-7-9/h2-7,15H,1H3. The molecule has 0 saturated heterocycles. The first-order valence-electron chi connectivity index (χ1n) is 5.05. The molecule has 1 aromatic carbocycles. The van der Waals surface area contributed by atoms with Crippen molar-refractivity contribution in [3.8, 4) is 11.3 Å². The SMILES string of the molecule is Cc1cc2[nH]c(-c3ccsc3)cc2cc1F. The van der Waals surface area contributed by atoms with Crippen LogP contribution in [0.1, 0.15) is 5.56 Å². The van der Waals surface area contributed by atoms with Crippen LogP contribution in [0.5, 0.6) is 0 Å². The smallest absolute Gasteiger partial charge is 0.126 e. The van der Waals surface area contributed by atoms with Crippen LogP contribution in [0.25, 0.3) is 22.2 Å². The molecular formula is C13H10FNS.